The molecule has 3 nitrogen and oxygen atoms in total. The van der Waals surface area contributed by atoms with Gasteiger partial charge in [-0.1, -0.05) is 0 Å². The van der Waals surface area contributed by atoms with Gasteiger partial charge in [0.2, 0.25) is 0 Å². The Morgan fingerprint density at radius 2 is 2.23 bits per heavy atom. The Kier molecular flexibility index (Phi) is 2.57. The van der Waals surface area contributed by atoms with E-state index < -0.39 is 0 Å². The fourth-order valence-corrected chi connectivity index (χ4v) is 1.72. The second-order valence-electron chi connectivity index (χ2n) is 3.55. The largest absolute Gasteiger partial charge is 0.308 e. The molecule has 0 spiro atoms. The van der Waals surface area contributed by atoms with Gasteiger partial charge in [0.1, 0.15) is 0 Å². The first-order valence-corrected chi connectivity index (χ1v) is 4.68. The summed E-state index contributed by atoms with van der Waals surface area (Å²) in [6.07, 6.45) is 3.71. The Labute approximate surface area is 78.8 Å². The summed E-state index contributed by atoms with van der Waals surface area (Å²) in [6.45, 7) is 3.30. The van der Waals surface area contributed by atoms with Crippen molar-refractivity contribution in [1.82, 2.24) is 15.2 Å². The molecule has 1 aliphatic rings. The van der Waals surface area contributed by atoms with E-state index in [0.717, 1.165) is 19.6 Å². The zero-order valence-corrected chi connectivity index (χ0v) is 7.90. The van der Waals surface area contributed by atoms with E-state index in [1.54, 1.807) is 0 Å². The number of hydrogen-bond acceptors (Lipinski definition) is 3. The topological polar surface area (TPSA) is 28.2 Å². The molecule has 1 N–H and O–H groups in total. The van der Waals surface area contributed by atoms with Crippen LogP contribution in [0, 0.1) is 0 Å². The maximum atomic E-state index is 4.02. The van der Waals surface area contributed by atoms with Crippen molar-refractivity contribution in [3.05, 3.63) is 30.1 Å². The van der Waals surface area contributed by atoms with Crippen LogP contribution in [0.1, 0.15) is 11.6 Å². The number of nitrogens with one attached hydrogen (secondary N) is 1. The number of aromatic nitrogens is 1. The van der Waals surface area contributed by atoms with Crippen LogP contribution < -0.4 is 5.32 Å². The van der Waals surface area contributed by atoms with E-state index in [2.05, 4.69) is 34.4 Å². The quantitative estimate of drug-likeness (QED) is 0.683. The zero-order chi connectivity index (χ0) is 9.10. The Bertz CT molecular complexity index is 260. The average Bonchev–Trinajstić information content (AvgIpc) is 2.19. The molecule has 1 aromatic heterocycles. The third kappa shape index (κ3) is 2.05. The Balaban J connectivity index is 2.08. The Morgan fingerprint density at radius 3 is 2.92 bits per heavy atom. The first-order chi connectivity index (χ1) is 6.36. The second-order valence-corrected chi connectivity index (χ2v) is 3.55. The molecule has 70 valence electrons. The number of nitrogens with zero attached hydrogens (tertiary/aromatic N) is 2. The van der Waals surface area contributed by atoms with Gasteiger partial charge >= 0.3 is 0 Å². The van der Waals surface area contributed by atoms with Crippen LogP contribution in [0.4, 0.5) is 0 Å². The Hall–Kier alpha value is -0.930. The maximum absolute atomic E-state index is 4.02. The lowest BCUT2D eigenvalue weighted by atomic mass is 10.1. The lowest BCUT2D eigenvalue weighted by Crippen LogP contribution is -2.43. The second kappa shape index (κ2) is 3.85. The number of piperazine rings is 1. The van der Waals surface area contributed by atoms with Gasteiger partial charge in [-0.05, 0) is 24.7 Å². The zero-order valence-electron chi connectivity index (χ0n) is 7.90. The van der Waals surface area contributed by atoms with Gasteiger partial charge in [-0.15, -0.1) is 0 Å². The van der Waals surface area contributed by atoms with Gasteiger partial charge in [0, 0.05) is 38.1 Å². The summed E-state index contributed by atoms with van der Waals surface area (Å²) >= 11 is 0. The van der Waals surface area contributed by atoms with Crippen molar-refractivity contribution >= 4 is 0 Å². The van der Waals surface area contributed by atoms with E-state index in [-0.39, 0.29) is 0 Å². The van der Waals surface area contributed by atoms with Crippen molar-refractivity contribution in [2.75, 3.05) is 26.7 Å². The van der Waals surface area contributed by atoms with Crippen molar-refractivity contribution in [2.24, 2.45) is 0 Å². The van der Waals surface area contributed by atoms with Crippen LogP contribution in [0.15, 0.2) is 24.5 Å². The van der Waals surface area contributed by atoms with Gasteiger partial charge in [0.05, 0.1) is 0 Å². The fraction of sp³-hybridized carbons (Fsp3) is 0.500. The minimum atomic E-state index is 0.474. The summed E-state index contributed by atoms with van der Waals surface area (Å²) in [4.78, 5) is 6.37. The van der Waals surface area contributed by atoms with Gasteiger partial charge in [0.15, 0.2) is 0 Å². The highest BCUT2D eigenvalue weighted by molar-refractivity contribution is 5.16. The van der Waals surface area contributed by atoms with Crippen molar-refractivity contribution < 1.29 is 0 Å². The maximum Gasteiger partial charge on any atom is 0.0450 e. The fourth-order valence-electron chi connectivity index (χ4n) is 1.72. The van der Waals surface area contributed by atoms with Crippen molar-refractivity contribution in [3.8, 4) is 0 Å². The molecule has 1 unspecified atom stereocenters. The standard InChI is InChI=1S/C10H15N3/c1-13-7-6-12-10(8-13)9-2-4-11-5-3-9/h2-5,10,12H,6-8H2,1H3. The van der Waals surface area contributed by atoms with Gasteiger partial charge in [-0.25, -0.2) is 0 Å². The van der Waals surface area contributed by atoms with E-state index in [1.165, 1.54) is 5.56 Å². The van der Waals surface area contributed by atoms with Crippen molar-refractivity contribution in [3.63, 3.8) is 0 Å². The molecule has 0 radical (unpaired) electrons. The molecule has 1 aromatic rings. The minimum Gasteiger partial charge on any atom is -0.308 e. The number of rotatable bonds is 1. The predicted molar refractivity (Wildman–Crippen MR) is 52.5 cm³/mol. The van der Waals surface area contributed by atoms with Crippen LogP contribution in [-0.2, 0) is 0 Å². The van der Waals surface area contributed by atoms with Gasteiger partial charge in [-0.2, -0.15) is 0 Å². The molecule has 13 heavy (non-hydrogen) atoms. The first kappa shape index (κ1) is 8.66. The summed E-state index contributed by atoms with van der Waals surface area (Å²) in [7, 11) is 2.16. The van der Waals surface area contributed by atoms with Crippen molar-refractivity contribution in [2.45, 2.75) is 6.04 Å². The molecule has 0 saturated carbocycles. The summed E-state index contributed by atoms with van der Waals surface area (Å²) in [5, 5.41) is 3.50. The van der Waals surface area contributed by atoms with E-state index in [4.69, 9.17) is 0 Å². The number of likely N-dealkylation sites (N-methyl/N-ethyl adjacent to an activating group) is 1. The van der Waals surface area contributed by atoms with Crippen LogP contribution in [0.3, 0.4) is 0 Å². The summed E-state index contributed by atoms with van der Waals surface area (Å²) in [5.74, 6) is 0. The van der Waals surface area contributed by atoms with E-state index >= 15 is 0 Å². The summed E-state index contributed by atoms with van der Waals surface area (Å²) < 4.78 is 0. The molecule has 1 saturated heterocycles. The molecule has 0 aromatic carbocycles. The molecule has 0 bridgehead atoms. The Morgan fingerprint density at radius 1 is 1.46 bits per heavy atom. The van der Waals surface area contributed by atoms with Crippen LogP contribution in [-0.4, -0.2) is 36.6 Å². The molecule has 3 heteroatoms. The minimum absolute atomic E-state index is 0.474. The van der Waals surface area contributed by atoms with Crippen LogP contribution in [0.25, 0.3) is 0 Å². The predicted octanol–water partition coefficient (Wildman–Crippen LogP) is 0.658. The molecule has 2 heterocycles. The van der Waals surface area contributed by atoms with Crippen LogP contribution in [0.2, 0.25) is 0 Å². The monoisotopic (exact) mass is 177 g/mol. The first-order valence-electron chi connectivity index (χ1n) is 4.68. The van der Waals surface area contributed by atoms with Crippen LogP contribution in [0.5, 0.6) is 0 Å². The number of pyridine rings is 1. The SMILES string of the molecule is CN1CCNC(c2ccncc2)C1. The molecular formula is C10H15N3. The highest BCUT2D eigenvalue weighted by Crippen LogP contribution is 2.14. The lowest BCUT2D eigenvalue weighted by molar-refractivity contribution is 0.241. The average molecular weight is 177 g/mol. The van der Waals surface area contributed by atoms with Crippen molar-refractivity contribution in [1.29, 1.82) is 0 Å². The van der Waals surface area contributed by atoms with E-state index in [0.29, 0.717) is 6.04 Å². The van der Waals surface area contributed by atoms with Crippen LogP contribution >= 0.6 is 0 Å². The molecule has 2 rings (SSSR count). The molecule has 1 atom stereocenters. The molecule has 0 aliphatic carbocycles. The smallest absolute Gasteiger partial charge is 0.0450 e. The van der Waals surface area contributed by atoms with Gasteiger partial charge < -0.3 is 10.2 Å². The highest BCUT2D eigenvalue weighted by Gasteiger charge is 2.17. The highest BCUT2D eigenvalue weighted by atomic mass is 15.2. The number of hydrogen-bond donors (Lipinski definition) is 1. The van der Waals surface area contributed by atoms with E-state index in [1.807, 2.05) is 12.4 Å². The third-order valence-corrected chi connectivity index (χ3v) is 2.49. The summed E-state index contributed by atoms with van der Waals surface area (Å²) in [6, 6.07) is 4.63. The molecule has 1 aliphatic heterocycles. The van der Waals surface area contributed by atoms with E-state index in [9.17, 15) is 0 Å². The molecule has 1 fully saturated rings. The molecule has 0 amide bonds. The normalized spacial score (nSPS) is 24.5. The van der Waals surface area contributed by atoms with Gasteiger partial charge in [0.25, 0.3) is 0 Å². The third-order valence-electron chi connectivity index (χ3n) is 2.49. The lowest BCUT2D eigenvalue weighted by Gasteiger charge is -2.31. The summed E-state index contributed by atoms with van der Waals surface area (Å²) in [5.41, 5.74) is 1.33. The van der Waals surface area contributed by atoms with Gasteiger partial charge in [-0.3, -0.25) is 4.98 Å². The molecular weight excluding hydrogens is 162 g/mol.